The second kappa shape index (κ2) is 6.06. The molecule has 2 heterocycles. The Bertz CT molecular complexity index is 269. The molecule has 3 N–H and O–H groups in total. The molecule has 0 aromatic heterocycles. The van der Waals surface area contributed by atoms with Crippen molar-refractivity contribution in [3.05, 3.63) is 23.9 Å². The van der Waals surface area contributed by atoms with Gasteiger partial charge in [0.05, 0.1) is 0 Å². The normalized spacial score (nSPS) is 28.9. The Morgan fingerprint density at radius 1 is 1.38 bits per heavy atom. The second-order valence-electron chi connectivity index (χ2n) is 4.76. The van der Waals surface area contributed by atoms with Crippen LogP contribution in [0.5, 0.6) is 0 Å². The molecular formula is C13H22N2O. The van der Waals surface area contributed by atoms with Crippen LogP contribution in [0.3, 0.4) is 0 Å². The molecule has 1 fully saturated rings. The maximum absolute atomic E-state index is 9.02. The molecule has 2 rings (SSSR count). The summed E-state index contributed by atoms with van der Waals surface area (Å²) in [6, 6.07) is 0.589. The predicted octanol–water partition coefficient (Wildman–Crippen LogP) is 1.17. The second-order valence-corrected chi connectivity index (χ2v) is 4.76. The first-order valence-electron chi connectivity index (χ1n) is 6.30. The van der Waals surface area contributed by atoms with Gasteiger partial charge in [-0.25, -0.2) is 0 Å². The summed E-state index contributed by atoms with van der Waals surface area (Å²) in [7, 11) is 0. The van der Waals surface area contributed by atoms with Gasteiger partial charge in [0.25, 0.3) is 0 Å². The Morgan fingerprint density at radius 2 is 2.25 bits per heavy atom. The van der Waals surface area contributed by atoms with E-state index in [-0.39, 0.29) is 6.61 Å². The quantitative estimate of drug-likeness (QED) is 0.467. The van der Waals surface area contributed by atoms with Crippen LogP contribution in [0.4, 0.5) is 0 Å². The van der Waals surface area contributed by atoms with Crippen LogP contribution < -0.4 is 10.6 Å². The number of aliphatic hydroxyl groups is 1. The molecule has 2 atom stereocenters. The number of aliphatic hydroxyl groups excluding tert-OH is 1. The van der Waals surface area contributed by atoms with Gasteiger partial charge in [0, 0.05) is 25.7 Å². The van der Waals surface area contributed by atoms with Crippen molar-refractivity contribution in [1.82, 2.24) is 10.6 Å². The zero-order valence-electron chi connectivity index (χ0n) is 9.78. The molecule has 1 saturated heterocycles. The van der Waals surface area contributed by atoms with Crippen molar-refractivity contribution in [2.24, 2.45) is 5.92 Å². The fourth-order valence-electron chi connectivity index (χ4n) is 2.18. The molecule has 0 bridgehead atoms. The van der Waals surface area contributed by atoms with Crippen molar-refractivity contribution < 1.29 is 5.11 Å². The number of rotatable bonds is 6. The summed E-state index contributed by atoms with van der Waals surface area (Å²) in [6.07, 6.45) is 11.0. The molecule has 0 unspecified atom stereocenters. The fourth-order valence-corrected chi connectivity index (χ4v) is 2.18. The Balaban J connectivity index is 1.74. The van der Waals surface area contributed by atoms with Gasteiger partial charge in [-0.1, -0.05) is 17.7 Å². The van der Waals surface area contributed by atoms with Gasteiger partial charge in [-0.15, -0.1) is 0 Å². The summed E-state index contributed by atoms with van der Waals surface area (Å²) < 4.78 is 0. The summed E-state index contributed by atoms with van der Waals surface area (Å²) in [4.78, 5) is 0. The van der Waals surface area contributed by atoms with Crippen LogP contribution in [0, 0.1) is 5.92 Å². The highest BCUT2D eigenvalue weighted by Gasteiger charge is 2.18. The lowest BCUT2D eigenvalue weighted by atomic mass is 9.93. The third kappa shape index (κ3) is 3.99. The first-order chi connectivity index (χ1) is 7.88. The van der Waals surface area contributed by atoms with Crippen molar-refractivity contribution >= 4 is 0 Å². The van der Waals surface area contributed by atoms with E-state index in [1.165, 1.54) is 18.4 Å². The highest BCUT2D eigenvalue weighted by Crippen LogP contribution is 2.20. The number of hydrogen-bond donors (Lipinski definition) is 3. The first-order valence-corrected chi connectivity index (χ1v) is 6.30. The minimum atomic E-state index is 0.279. The molecule has 0 aromatic rings. The monoisotopic (exact) mass is 222 g/mol. The average Bonchev–Trinajstić information content (AvgIpc) is 3.12. The van der Waals surface area contributed by atoms with Gasteiger partial charge >= 0.3 is 0 Å². The Morgan fingerprint density at radius 3 is 2.88 bits per heavy atom. The van der Waals surface area contributed by atoms with Crippen LogP contribution in [0.25, 0.3) is 0 Å². The van der Waals surface area contributed by atoms with E-state index in [9.17, 15) is 0 Å². The summed E-state index contributed by atoms with van der Waals surface area (Å²) in [5.74, 6) is 0.763. The molecule has 2 aliphatic rings. The van der Waals surface area contributed by atoms with E-state index >= 15 is 0 Å². The minimum absolute atomic E-state index is 0.279. The number of hydrogen-bond acceptors (Lipinski definition) is 3. The van der Waals surface area contributed by atoms with Crippen molar-refractivity contribution in [3.63, 3.8) is 0 Å². The van der Waals surface area contributed by atoms with E-state index in [4.69, 9.17) is 5.11 Å². The molecule has 3 heteroatoms. The van der Waals surface area contributed by atoms with Crippen molar-refractivity contribution in [2.75, 3.05) is 19.7 Å². The average molecular weight is 222 g/mol. The van der Waals surface area contributed by atoms with Crippen molar-refractivity contribution in [1.29, 1.82) is 0 Å². The Labute approximate surface area is 97.6 Å². The lowest BCUT2D eigenvalue weighted by Crippen LogP contribution is -2.21. The minimum Gasteiger partial charge on any atom is -0.396 e. The van der Waals surface area contributed by atoms with E-state index in [2.05, 4.69) is 29.0 Å². The molecule has 0 aromatic carbocycles. The highest BCUT2D eigenvalue weighted by molar-refractivity contribution is 5.13. The van der Waals surface area contributed by atoms with E-state index in [1.807, 2.05) is 0 Å². The Hall–Kier alpha value is -0.800. The molecule has 3 nitrogen and oxygen atoms in total. The number of allylic oxidation sites excluding steroid dienone is 1. The van der Waals surface area contributed by atoms with Crippen LogP contribution in [0.1, 0.15) is 25.7 Å². The number of nitrogens with one attached hydrogen (secondary N) is 2. The van der Waals surface area contributed by atoms with Crippen LogP contribution >= 0.6 is 0 Å². The van der Waals surface area contributed by atoms with Crippen LogP contribution in [0.2, 0.25) is 0 Å². The highest BCUT2D eigenvalue weighted by atomic mass is 16.2. The van der Waals surface area contributed by atoms with Crippen molar-refractivity contribution in [3.8, 4) is 0 Å². The third-order valence-electron chi connectivity index (χ3n) is 3.29. The predicted molar refractivity (Wildman–Crippen MR) is 66.1 cm³/mol. The fraction of sp³-hybridized carbons (Fsp3) is 0.692. The van der Waals surface area contributed by atoms with Crippen LogP contribution in [-0.4, -0.2) is 30.8 Å². The maximum Gasteiger partial charge on any atom is 0.0468 e. The molecule has 90 valence electrons. The van der Waals surface area contributed by atoms with Crippen molar-refractivity contribution in [2.45, 2.75) is 31.7 Å². The smallest absolute Gasteiger partial charge is 0.0468 e. The van der Waals surface area contributed by atoms with Gasteiger partial charge in [0.2, 0.25) is 0 Å². The molecule has 0 radical (unpaired) electrons. The lowest BCUT2D eigenvalue weighted by Gasteiger charge is -2.19. The zero-order valence-corrected chi connectivity index (χ0v) is 9.78. The molecule has 0 aliphatic carbocycles. The van der Waals surface area contributed by atoms with Gasteiger partial charge in [0.15, 0.2) is 0 Å². The third-order valence-corrected chi connectivity index (χ3v) is 3.29. The van der Waals surface area contributed by atoms with Crippen LogP contribution in [-0.2, 0) is 0 Å². The standard InChI is InChI=1S/C13H22N2O/c16-7-5-11(8-13-10-15-13)3-4-12-2-1-6-14-9-12/h1,6,8,12-16H,2-5,7,9-10H2/b11-8+/t12-,13-/m1/s1. The lowest BCUT2D eigenvalue weighted by molar-refractivity contribution is 0.296. The molecule has 2 aliphatic heterocycles. The van der Waals surface area contributed by atoms with Gasteiger partial charge < -0.3 is 15.7 Å². The molecule has 0 spiro atoms. The zero-order chi connectivity index (χ0) is 11.2. The van der Waals surface area contributed by atoms with Crippen LogP contribution in [0.15, 0.2) is 23.9 Å². The van der Waals surface area contributed by atoms with Gasteiger partial charge in [-0.2, -0.15) is 0 Å². The Kier molecular flexibility index (Phi) is 4.43. The van der Waals surface area contributed by atoms with Gasteiger partial charge in [-0.05, 0) is 37.8 Å². The largest absolute Gasteiger partial charge is 0.396 e. The maximum atomic E-state index is 9.02. The van der Waals surface area contributed by atoms with E-state index < -0.39 is 0 Å². The van der Waals surface area contributed by atoms with E-state index in [1.54, 1.807) is 0 Å². The summed E-state index contributed by atoms with van der Waals surface area (Å²) >= 11 is 0. The van der Waals surface area contributed by atoms with Gasteiger partial charge in [-0.3, -0.25) is 0 Å². The van der Waals surface area contributed by atoms with E-state index in [0.717, 1.165) is 31.8 Å². The topological polar surface area (TPSA) is 54.2 Å². The first kappa shape index (κ1) is 11.7. The summed E-state index contributed by atoms with van der Waals surface area (Å²) in [6.45, 7) is 2.49. The summed E-state index contributed by atoms with van der Waals surface area (Å²) in [5, 5.41) is 15.6. The molecule has 16 heavy (non-hydrogen) atoms. The summed E-state index contributed by atoms with van der Waals surface area (Å²) in [5.41, 5.74) is 1.42. The molecule has 0 amide bonds. The van der Waals surface area contributed by atoms with E-state index in [0.29, 0.717) is 6.04 Å². The SMILES string of the molecule is OCC/C(=C/[C@@H]1CN1)CC[C@H]1CC=CNC1. The molecule has 0 saturated carbocycles. The van der Waals surface area contributed by atoms with Gasteiger partial charge in [0.1, 0.15) is 0 Å². The molecular weight excluding hydrogens is 200 g/mol.